The number of aromatic nitrogens is 1. The summed E-state index contributed by atoms with van der Waals surface area (Å²) in [7, 11) is 0. The van der Waals surface area contributed by atoms with Gasteiger partial charge in [0, 0.05) is 5.92 Å². The van der Waals surface area contributed by atoms with Crippen molar-refractivity contribution in [2.45, 2.75) is 5.92 Å². The predicted octanol–water partition coefficient (Wildman–Crippen LogP) is 4.96. The van der Waals surface area contributed by atoms with Crippen LogP contribution >= 0.6 is 27.3 Å². The standard InChI is InChI=1S/C19H13BrN2O4S/c20-18-21-15(17(23)24)16(27-18)22-19(25)26-9-14-12-7-3-1-5-10(12)11-6-2-4-8-13(11)14/h1-8,14H,9H2,(H,22,25)(H,23,24). The van der Waals surface area contributed by atoms with Gasteiger partial charge in [-0.1, -0.05) is 59.9 Å². The predicted molar refractivity (Wildman–Crippen MR) is 105 cm³/mol. The first-order valence-electron chi connectivity index (χ1n) is 8.06. The molecule has 8 heteroatoms. The van der Waals surface area contributed by atoms with Gasteiger partial charge in [0.15, 0.2) is 9.61 Å². The van der Waals surface area contributed by atoms with Gasteiger partial charge in [-0.25, -0.2) is 14.6 Å². The third-order valence-electron chi connectivity index (χ3n) is 4.36. The average Bonchev–Trinajstić information content (AvgIpc) is 3.18. The fourth-order valence-electron chi connectivity index (χ4n) is 3.25. The van der Waals surface area contributed by atoms with E-state index >= 15 is 0 Å². The van der Waals surface area contributed by atoms with Crippen LogP contribution in [0.4, 0.5) is 9.80 Å². The molecule has 6 nitrogen and oxygen atoms in total. The Morgan fingerprint density at radius 1 is 1.11 bits per heavy atom. The molecular formula is C19H13BrN2O4S. The highest BCUT2D eigenvalue weighted by Gasteiger charge is 2.29. The molecule has 0 atom stereocenters. The van der Waals surface area contributed by atoms with Crippen LogP contribution in [0.15, 0.2) is 52.4 Å². The van der Waals surface area contributed by atoms with E-state index in [1.165, 1.54) is 0 Å². The Balaban J connectivity index is 1.51. The number of halogens is 1. The van der Waals surface area contributed by atoms with Gasteiger partial charge in [0.25, 0.3) is 0 Å². The quantitative estimate of drug-likeness (QED) is 0.593. The molecule has 1 amide bonds. The molecule has 0 radical (unpaired) electrons. The molecule has 2 N–H and O–H groups in total. The molecule has 0 saturated carbocycles. The van der Waals surface area contributed by atoms with Crippen molar-refractivity contribution in [2.75, 3.05) is 11.9 Å². The number of amides is 1. The van der Waals surface area contributed by atoms with Gasteiger partial charge in [0.05, 0.1) is 0 Å². The van der Waals surface area contributed by atoms with Crippen LogP contribution in [0.3, 0.4) is 0 Å². The summed E-state index contributed by atoms with van der Waals surface area (Å²) in [5.74, 6) is -1.28. The van der Waals surface area contributed by atoms with Crippen LogP contribution in [0.2, 0.25) is 0 Å². The summed E-state index contributed by atoms with van der Waals surface area (Å²) in [6.07, 6.45) is -0.712. The number of carbonyl (C=O) groups excluding carboxylic acids is 1. The number of carboxylic acids is 1. The van der Waals surface area contributed by atoms with Crippen molar-refractivity contribution in [2.24, 2.45) is 0 Å². The minimum atomic E-state index is -1.22. The number of aromatic carboxylic acids is 1. The van der Waals surface area contributed by atoms with E-state index in [1.54, 1.807) is 0 Å². The monoisotopic (exact) mass is 444 g/mol. The summed E-state index contributed by atoms with van der Waals surface area (Å²) in [5, 5.41) is 11.7. The van der Waals surface area contributed by atoms with Crippen molar-refractivity contribution < 1.29 is 19.4 Å². The van der Waals surface area contributed by atoms with Gasteiger partial charge in [-0.2, -0.15) is 0 Å². The number of ether oxygens (including phenoxy) is 1. The Bertz CT molecular complexity index is 1000. The fraction of sp³-hybridized carbons (Fsp3) is 0.105. The molecule has 27 heavy (non-hydrogen) atoms. The van der Waals surface area contributed by atoms with Gasteiger partial charge in [0.2, 0.25) is 0 Å². The molecule has 1 aromatic heterocycles. The highest BCUT2D eigenvalue weighted by molar-refractivity contribution is 9.11. The highest BCUT2D eigenvalue weighted by atomic mass is 79.9. The molecule has 3 aromatic rings. The number of nitrogens with zero attached hydrogens (tertiary/aromatic N) is 1. The molecule has 4 rings (SSSR count). The second kappa shape index (κ2) is 7.13. The van der Waals surface area contributed by atoms with Crippen molar-refractivity contribution in [1.29, 1.82) is 0 Å². The fourth-order valence-corrected chi connectivity index (χ4v) is 4.58. The zero-order valence-electron chi connectivity index (χ0n) is 13.8. The topological polar surface area (TPSA) is 88.5 Å². The van der Waals surface area contributed by atoms with E-state index in [9.17, 15) is 9.59 Å². The number of nitrogens with one attached hydrogen (secondary N) is 1. The SMILES string of the molecule is O=C(Nc1sc(Br)nc1C(=O)O)OCC1c2ccccc2-c2ccccc21. The van der Waals surface area contributed by atoms with Crippen molar-refractivity contribution in [3.05, 3.63) is 69.3 Å². The third kappa shape index (κ3) is 3.33. The molecule has 136 valence electrons. The molecule has 0 fully saturated rings. The Kier molecular flexibility index (Phi) is 4.67. The molecule has 1 heterocycles. The van der Waals surface area contributed by atoms with Gasteiger partial charge in [-0.05, 0) is 38.2 Å². The van der Waals surface area contributed by atoms with Crippen LogP contribution in [0.5, 0.6) is 0 Å². The van der Waals surface area contributed by atoms with Crippen LogP contribution in [0.1, 0.15) is 27.5 Å². The summed E-state index contributed by atoms with van der Waals surface area (Å²) in [5.41, 5.74) is 4.28. The first kappa shape index (κ1) is 17.7. The summed E-state index contributed by atoms with van der Waals surface area (Å²) in [4.78, 5) is 27.2. The van der Waals surface area contributed by atoms with Gasteiger partial charge in [-0.15, -0.1) is 0 Å². The number of carbonyl (C=O) groups is 2. The third-order valence-corrected chi connectivity index (χ3v) is 5.79. The second-order valence-electron chi connectivity index (χ2n) is 5.90. The Hall–Kier alpha value is -2.71. The number of thiazole rings is 1. The highest BCUT2D eigenvalue weighted by Crippen LogP contribution is 2.44. The van der Waals surface area contributed by atoms with Crippen LogP contribution < -0.4 is 5.32 Å². The molecule has 2 aromatic carbocycles. The minimum absolute atomic E-state index is 0.0599. The van der Waals surface area contributed by atoms with E-state index in [0.717, 1.165) is 33.6 Å². The lowest BCUT2D eigenvalue weighted by atomic mass is 9.98. The molecule has 1 aliphatic rings. The van der Waals surface area contributed by atoms with Crippen LogP contribution in [-0.2, 0) is 4.74 Å². The van der Waals surface area contributed by atoms with E-state index in [2.05, 4.69) is 38.4 Å². The first-order valence-corrected chi connectivity index (χ1v) is 9.67. The lowest BCUT2D eigenvalue weighted by molar-refractivity contribution is 0.0692. The summed E-state index contributed by atoms with van der Waals surface area (Å²) >= 11 is 4.14. The Morgan fingerprint density at radius 3 is 2.30 bits per heavy atom. The number of hydrogen-bond acceptors (Lipinski definition) is 5. The normalized spacial score (nSPS) is 12.3. The molecule has 0 unspecified atom stereocenters. The van der Waals surface area contributed by atoms with Gasteiger partial charge in [0.1, 0.15) is 11.6 Å². The summed E-state index contributed by atoms with van der Waals surface area (Å²) in [6, 6.07) is 16.1. The number of carboxylic acid groups (broad SMARTS) is 1. The summed E-state index contributed by atoms with van der Waals surface area (Å²) in [6.45, 7) is 0.155. The number of benzene rings is 2. The number of anilines is 1. The smallest absolute Gasteiger partial charge is 0.412 e. The lowest BCUT2D eigenvalue weighted by Gasteiger charge is -2.14. The van der Waals surface area contributed by atoms with Crippen molar-refractivity contribution in [3.63, 3.8) is 0 Å². The van der Waals surface area contributed by atoms with E-state index in [0.29, 0.717) is 3.92 Å². The largest absolute Gasteiger partial charge is 0.476 e. The Labute approximate surface area is 167 Å². The zero-order chi connectivity index (χ0) is 19.0. The van der Waals surface area contributed by atoms with Crippen LogP contribution in [0.25, 0.3) is 11.1 Å². The first-order chi connectivity index (χ1) is 13.0. The van der Waals surface area contributed by atoms with Gasteiger partial charge < -0.3 is 9.84 Å². The van der Waals surface area contributed by atoms with E-state index < -0.39 is 12.1 Å². The molecular weight excluding hydrogens is 432 g/mol. The number of rotatable bonds is 4. The molecule has 0 aliphatic heterocycles. The minimum Gasteiger partial charge on any atom is -0.476 e. The maximum absolute atomic E-state index is 12.2. The Morgan fingerprint density at radius 2 is 1.70 bits per heavy atom. The van der Waals surface area contributed by atoms with E-state index in [-0.39, 0.29) is 23.2 Å². The molecule has 0 spiro atoms. The second-order valence-corrected chi connectivity index (χ2v) is 8.18. The van der Waals surface area contributed by atoms with Gasteiger partial charge in [-0.3, -0.25) is 5.32 Å². The number of fused-ring (bicyclic) bond motifs is 3. The number of hydrogen-bond donors (Lipinski definition) is 2. The average molecular weight is 445 g/mol. The van der Waals surface area contributed by atoms with Crippen LogP contribution in [0, 0.1) is 0 Å². The van der Waals surface area contributed by atoms with Crippen molar-refractivity contribution in [3.8, 4) is 11.1 Å². The maximum atomic E-state index is 12.2. The van der Waals surface area contributed by atoms with Crippen molar-refractivity contribution in [1.82, 2.24) is 4.98 Å². The maximum Gasteiger partial charge on any atom is 0.412 e. The molecule has 0 saturated heterocycles. The lowest BCUT2D eigenvalue weighted by Crippen LogP contribution is -2.18. The molecule has 0 bridgehead atoms. The van der Waals surface area contributed by atoms with E-state index in [4.69, 9.17) is 9.84 Å². The zero-order valence-corrected chi connectivity index (χ0v) is 16.2. The summed E-state index contributed by atoms with van der Waals surface area (Å²) < 4.78 is 5.78. The van der Waals surface area contributed by atoms with Crippen LogP contribution in [-0.4, -0.2) is 28.8 Å². The van der Waals surface area contributed by atoms with Crippen molar-refractivity contribution >= 4 is 44.3 Å². The van der Waals surface area contributed by atoms with Gasteiger partial charge >= 0.3 is 12.1 Å². The molecule has 1 aliphatic carbocycles. The van der Waals surface area contributed by atoms with E-state index in [1.807, 2.05) is 36.4 Å².